The number of hydrogen-bond donors (Lipinski definition) is 1. The van der Waals surface area contributed by atoms with Gasteiger partial charge in [0.15, 0.2) is 5.52 Å². The van der Waals surface area contributed by atoms with E-state index in [1.54, 1.807) is 16.8 Å². The first kappa shape index (κ1) is 15.8. The van der Waals surface area contributed by atoms with Crippen LogP contribution in [0.15, 0.2) is 77.7 Å². The van der Waals surface area contributed by atoms with E-state index in [-0.39, 0.29) is 5.56 Å². The molecule has 27 heavy (non-hydrogen) atoms. The van der Waals surface area contributed by atoms with Crippen molar-refractivity contribution in [2.45, 2.75) is 0 Å². The molecule has 0 saturated carbocycles. The summed E-state index contributed by atoms with van der Waals surface area (Å²) < 4.78 is 1.67. The maximum atomic E-state index is 12.3. The molecule has 0 saturated heterocycles. The van der Waals surface area contributed by atoms with Crippen LogP contribution >= 0.6 is 11.6 Å². The van der Waals surface area contributed by atoms with Gasteiger partial charge in [-0.05, 0) is 41.1 Å². The van der Waals surface area contributed by atoms with Crippen molar-refractivity contribution in [1.29, 1.82) is 0 Å². The molecule has 5 nitrogen and oxygen atoms in total. The normalized spacial score (nSPS) is 11.3. The lowest BCUT2D eigenvalue weighted by Gasteiger charge is -2.04. The molecule has 0 aliphatic rings. The predicted octanol–water partition coefficient (Wildman–Crippen LogP) is 4.58. The highest BCUT2D eigenvalue weighted by Crippen LogP contribution is 2.28. The maximum Gasteiger partial charge on any atom is 0.292 e. The van der Waals surface area contributed by atoms with Gasteiger partial charge in [0.05, 0.1) is 11.1 Å². The van der Waals surface area contributed by atoms with E-state index in [0.717, 1.165) is 22.0 Å². The average Bonchev–Trinajstić information content (AvgIpc) is 3.15. The lowest BCUT2D eigenvalue weighted by Crippen LogP contribution is -2.09. The molecule has 2 aromatic heterocycles. The third-order valence-electron chi connectivity index (χ3n) is 4.57. The molecule has 6 heteroatoms. The van der Waals surface area contributed by atoms with Gasteiger partial charge in [-0.3, -0.25) is 4.79 Å². The van der Waals surface area contributed by atoms with Crippen LogP contribution in [0.2, 0.25) is 5.02 Å². The highest BCUT2D eigenvalue weighted by molar-refractivity contribution is 6.30. The van der Waals surface area contributed by atoms with Crippen molar-refractivity contribution in [1.82, 2.24) is 20.0 Å². The topological polar surface area (TPSA) is 63.6 Å². The molecule has 0 unspecified atom stereocenters. The van der Waals surface area contributed by atoms with Crippen molar-refractivity contribution in [2.24, 2.45) is 0 Å². The van der Waals surface area contributed by atoms with E-state index in [4.69, 9.17) is 11.6 Å². The first-order chi connectivity index (χ1) is 13.2. The second-order valence-corrected chi connectivity index (χ2v) is 6.71. The van der Waals surface area contributed by atoms with E-state index in [1.807, 2.05) is 42.6 Å². The van der Waals surface area contributed by atoms with Crippen molar-refractivity contribution in [3.05, 3.63) is 88.3 Å². The smallest absolute Gasteiger partial charge is 0.265 e. The standard InChI is InChI=1S/C21H13ClN4O/c22-16-7-9-17(10-8-16)26-12-18-19(23-24-21(27)20(18)25-26)15-6-5-13-3-1-2-4-14(13)11-15/h1-12H,(H,24,27). The van der Waals surface area contributed by atoms with E-state index >= 15 is 0 Å². The second kappa shape index (κ2) is 6.07. The molecular weight excluding hydrogens is 360 g/mol. The fourth-order valence-electron chi connectivity index (χ4n) is 3.22. The largest absolute Gasteiger partial charge is 0.292 e. The average molecular weight is 373 g/mol. The molecule has 0 bridgehead atoms. The van der Waals surface area contributed by atoms with Gasteiger partial charge >= 0.3 is 0 Å². The van der Waals surface area contributed by atoms with Crippen LogP contribution in [0.4, 0.5) is 0 Å². The van der Waals surface area contributed by atoms with Gasteiger partial charge in [-0.2, -0.15) is 10.2 Å². The van der Waals surface area contributed by atoms with E-state index in [1.165, 1.54) is 0 Å². The Kier molecular flexibility index (Phi) is 3.55. The van der Waals surface area contributed by atoms with Crippen molar-refractivity contribution in [3.8, 4) is 16.9 Å². The Balaban J connectivity index is 1.73. The Morgan fingerprint density at radius 1 is 0.926 bits per heavy atom. The minimum atomic E-state index is -0.317. The van der Waals surface area contributed by atoms with Crippen molar-refractivity contribution in [3.63, 3.8) is 0 Å². The van der Waals surface area contributed by atoms with Crippen molar-refractivity contribution < 1.29 is 0 Å². The van der Waals surface area contributed by atoms with Crippen LogP contribution in [0.5, 0.6) is 0 Å². The monoisotopic (exact) mass is 372 g/mol. The summed E-state index contributed by atoms with van der Waals surface area (Å²) in [5.41, 5.74) is 2.46. The molecule has 0 amide bonds. The number of aromatic amines is 1. The number of benzene rings is 3. The van der Waals surface area contributed by atoms with Crippen molar-refractivity contribution in [2.75, 3.05) is 0 Å². The van der Waals surface area contributed by atoms with Gasteiger partial charge in [-0.15, -0.1) is 0 Å². The fourth-order valence-corrected chi connectivity index (χ4v) is 3.34. The SMILES string of the molecule is O=c1[nH]nc(-c2ccc3ccccc3c2)c2cn(-c3ccc(Cl)cc3)nc12. The molecule has 1 N–H and O–H groups in total. The molecule has 5 rings (SSSR count). The summed E-state index contributed by atoms with van der Waals surface area (Å²) in [5, 5.41) is 14.9. The summed E-state index contributed by atoms with van der Waals surface area (Å²) in [7, 11) is 0. The molecule has 130 valence electrons. The summed E-state index contributed by atoms with van der Waals surface area (Å²) in [6.45, 7) is 0. The Morgan fingerprint density at radius 2 is 1.70 bits per heavy atom. The molecule has 0 atom stereocenters. The van der Waals surface area contributed by atoms with Crippen LogP contribution in [0.1, 0.15) is 0 Å². The summed E-state index contributed by atoms with van der Waals surface area (Å²) in [6.07, 6.45) is 1.82. The van der Waals surface area contributed by atoms with Gasteiger partial charge in [0.2, 0.25) is 0 Å². The van der Waals surface area contributed by atoms with Gasteiger partial charge in [0.25, 0.3) is 5.56 Å². The number of aromatic nitrogens is 4. The summed E-state index contributed by atoms with van der Waals surface area (Å²) in [5.74, 6) is 0. The zero-order valence-corrected chi connectivity index (χ0v) is 14.8. The van der Waals surface area contributed by atoms with Crippen LogP contribution in [0, 0.1) is 0 Å². The zero-order chi connectivity index (χ0) is 18.4. The van der Waals surface area contributed by atoms with Gasteiger partial charge in [0.1, 0.15) is 5.69 Å². The third-order valence-corrected chi connectivity index (χ3v) is 4.82. The number of nitrogens with one attached hydrogen (secondary N) is 1. The molecule has 0 aliphatic carbocycles. The highest BCUT2D eigenvalue weighted by Gasteiger charge is 2.14. The first-order valence-corrected chi connectivity index (χ1v) is 8.80. The van der Waals surface area contributed by atoms with Crippen LogP contribution in [-0.2, 0) is 0 Å². The molecule has 0 spiro atoms. The Hall–Kier alpha value is -3.44. The Bertz CT molecular complexity index is 1350. The summed E-state index contributed by atoms with van der Waals surface area (Å²) >= 11 is 5.96. The molecule has 0 radical (unpaired) electrons. The lowest BCUT2D eigenvalue weighted by molar-refractivity contribution is 0.891. The number of hydrogen-bond acceptors (Lipinski definition) is 3. The number of H-pyrrole nitrogens is 1. The minimum Gasteiger partial charge on any atom is -0.265 e. The molecule has 0 aliphatic heterocycles. The van der Waals surface area contributed by atoms with E-state index in [2.05, 4.69) is 33.5 Å². The van der Waals surface area contributed by atoms with Gasteiger partial charge < -0.3 is 0 Å². The highest BCUT2D eigenvalue weighted by atomic mass is 35.5. The van der Waals surface area contributed by atoms with Gasteiger partial charge in [0, 0.05) is 16.8 Å². The number of rotatable bonds is 2. The van der Waals surface area contributed by atoms with E-state index < -0.39 is 0 Å². The predicted molar refractivity (Wildman–Crippen MR) is 107 cm³/mol. The minimum absolute atomic E-state index is 0.317. The van der Waals surface area contributed by atoms with Gasteiger partial charge in [-0.1, -0.05) is 48.0 Å². The maximum absolute atomic E-state index is 12.3. The van der Waals surface area contributed by atoms with E-state index in [0.29, 0.717) is 21.6 Å². The lowest BCUT2D eigenvalue weighted by atomic mass is 10.0. The number of fused-ring (bicyclic) bond motifs is 2. The van der Waals surface area contributed by atoms with Crippen LogP contribution < -0.4 is 5.56 Å². The summed E-state index contributed by atoms with van der Waals surface area (Å²) in [4.78, 5) is 12.3. The van der Waals surface area contributed by atoms with Crippen LogP contribution in [0.25, 0.3) is 38.6 Å². The quantitative estimate of drug-likeness (QED) is 0.493. The van der Waals surface area contributed by atoms with Crippen LogP contribution in [0.3, 0.4) is 0 Å². The Morgan fingerprint density at radius 3 is 2.52 bits per heavy atom. The first-order valence-electron chi connectivity index (χ1n) is 8.42. The summed E-state index contributed by atoms with van der Waals surface area (Å²) in [6, 6.07) is 21.5. The van der Waals surface area contributed by atoms with Crippen molar-refractivity contribution >= 4 is 33.3 Å². The number of halogens is 1. The number of nitrogens with zero attached hydrogens (tertiary/aromatic N) is 3. The molecular formula is C21H13ClN4O. The zero-order valence-electron chi connectivity index (χ0n) is 14.1. The van der Waals surface area contributed by atoms with E-state index in [9.17, 15) is 4.79 Å². The molecule has 2 heterocycles. The fraction of sp³-hybridized carbons (Fsp3) is 0. The Labute approximate surface area is 158 Å². The molecule has 0 fully saturated rings. The molecule has 5 aromatic rings. The van der Waals surface area contributed by atoms with Crippen LogP contribution in [-0.4, -0.2) is 20.0 Å². The molecule has 3 aromatic carbocycles. The van der Waals surface area contributed by atoms with Gasteiger partial charge in [-0.25, -0.2) is 9.78 Å². The third kappa shape index (κ3) is 2.69. The second-order valence-electron chi connectivity index (χ2n) is 6.28.